The third-order valence-corrected chi connectivity index (χ3v) is 5.97. The van der Waals surface area contributed by atoms with Gasteiger partial charge in [-0.1, -0.05) is 18.2 Å². The summed E-state index contributed by atoms with van der Waals surface area (Å²) in [5, 5.41) is 11.1. The van der Waals surface area contributed by atoms with Gasteiger partial charge in [-0.25, -0.2) is 9.37 Å². The zero-order valence-corrected chi connectivity index (χ0v) is 19.6. The zero-order valence-electron chi connectivity index (χ0n) is 19.6. The van der Waals surface area contributed by atoms with Gasteiger partial charge in [0.1, 0.15) is 17.7 Å². The molecular weight excluding hydrogens is 478 g/mol. The minimum atomic E-state index is -4.77. The molecule has 0 saturated carbocycles. The van der Waals surface area contributed by atoms with Gasteiger partial charge in [0.05, 0.1) is 42.0 Å². The smallest absolute Gasteiger partial charge is 0.417 e. The second-order valence-electron chi connectivity index (χ2n) is 8.38. The quantitative estimate of drug-likeness (QED) is 0.369. The van der Waals surface area contributed by atoms with Crippen LogP contribution in [0.5, 0.6) is 5.75 Å². The molecule has 2 atom stereocenters. The van der Waals surface area contributed by atoms with Crippen molar-refractivity contribution >= 4 is 0 Å². The monoisotopic (exact) mass is 501 g/mol. The number of rotatable bonds is 6. The van der Waals surface area contributed by atoms with Crippen LogP contribution in [0.2, 0.25) is 0 Å². The molecule has 0 fully saturated rings. The van der Waals surface area contributed by atoms with Crippen LogP contribution in [0.1, 0.15) is 47.0 Å². The number of hydrogen-bond donors (Lipinski definition) is 1. The number of halogens is 4. The lowest BCUT2D eigenvalue weighted by Crippen LogP contribution is -2.30. The second kappa shape index (κ2) is 9.62. The molecule has 2 heterocycles. The molecule has 1 N–H and O–H groups in total. The molecule has 4 aromatic rings. The van der Waals surface area contributed by atoms with E-state index in [0.29, 0.717) is 29.3 Å². The summed E-state index contributed by atoms with van der Waals surface area (Å²) in [6.45, 7) is 3.34. The molecule has 0 bridgehead atoms. The largest absolute Gasteiger partial charge is 0.495 e. The molecular formula is C26H23F4N3O3. The molecule has 0 aliphatic carbocycles. The van der Waals surface area contributed by atoms with Gasteiger partial charge in [-0.3, -0.25) is 4.79 Å². The van der Waals surface area contributed by atoms with Gasteiger partial charge in [0.15, 0.2) is 0 Å². The van der Waals surface area contributed by atoms with Gasteiger partial charge in [0.2, 0.25) is 0 Å². The number of aliphatic hydroxyl groups is 1. The fourth-order valence-electron chi connectivity index (χ4n) is 3.97. The molecule has 2 aromatic carbocycles. The van der Waals surface area contributed by atoms with Crippen molar-refractivity contribution in [1.82, 2.24) is 14.1 Å². The van der Waals surface area contributed by atoms with Crippen LogP contribution in [0, 0.1) is 12.7 Å². The van der Waals surface area contributed by atoms with Crippen LogP contribution in [0.15, 0.2) is 72.0 Å². The van der Waals surface area contributed by atoms with Crippen molar-refractivity contribution in [3.05, 3.63) is 111 Å². The van der Waals surface area contributed by atoms with Gasteiger partial charge < -0.3 is 19.0 Å². The maximum absolute atomic E-state index is 13.8. The van der Waals surface area contributed by atoms with E-state index < -0.39 is 40.8 Å². The predicted octanol–water partition coefficient (Wildman–Crippen LogP) is 5.20. The molecule has 2 unspecified atom stereocenters. The summed E-state index contributed by atoms with van der Waals surface area (Å²) in [6, 6.07) is 9.49. The van der Waals surface area contributed by atoms with Crippen molar-refractivity contribution in [1.29, 1.82) is 0 Å². The van der Waals surface area contributed by atoms with Crippen molar-refractivity contribution in [2.75, 3.05) is 7.11 Å². The van der Waals surface area contributed by atoms with Crippen LogP contribution in [0.25, 0.3) is 5.69 Å². The molecule has 10 heteroatoms. The Kier molecular flexibility index (Phi) is 6.73. The number of methoxy groups -OCH3 is 1. The van der Waals surface area contributed by atoms with Crippen molar-refractivity contribution in [3.63, 3.8) is 0 Å². The summed E-state index contributed by atoms with van der Waals surface area (Å²) >= 11 is 0. The molecule has 6 nitrogen and oxygen atoms in total. The van der Waals surface area contributed by atoms with E-state index in [0.717, 1.165) is 22.4 Å². The molecule has 188 valence electrons. The highest BCUT2D eigenvalue weighted by molar-refractivity contribution is 5.50. The minimum absolute atomic E-state index is 0.171. The molecule has 0 spiro atoms. The van der Waals surface area contributed by atoms with Crippen molar-refractivity contribution in [2.24, 2.45) is 0 Å². The molecule has 0 radical (unpaired) electrons. The zero-order chi connectivity index (χ0) is 26.2. The highest BCUT2D eigenvalue weighted by Gasteiger charge is 2.34. The van der Waals surface area contributed by atoms with Gasteiger partial charge in [-0.15, -0.1) is 0 Å². The number of hydrogen-bond acceptors (Lipinski definition) is 4. The van der Waals surface area contributed by atoms with E-state index in [4.69, 9.17) is 4.74 Å². The number of alkyl halides is 3. The van der Waals surface area contributed by atoms with E-state index in [1.54, 1.807) is 23.2 Å². The maximum atomic E-state index is 13.8. The summed E-state index contributed by atoms with van der Waals surface area (Å²) in [6.07, 6.45) is -2.40. The Bertz CT molecular complexity index is 1440. The predicted molar refractivity (Wildman–Crippen MR) is 125 cm³/mol. The van der Waals surface area contributed by atoms with E-state index in [-0.39, 0.29) is 5.56 Å². The van der Waals surface area contributed by atoms with Crippen molar-refractivity contribution in [2.45, 2.75) is 32.2 Å². The molecule has 0 aliphatic rings. The van der Waals surface area contributed by atoms with Crippen LogP contribution in [-0.4, -0.2) is 26.3 Å². The number of nitrogens with zero attached hydrogens (tertiary/aromatic N) is 3. The lowest BCUT2D eigenvalue weighted by atomic mass is 9.99. The SMILES string of the molecule is COc1cc(C(O)c2cc(C(F)(F)F)cn(C(C)c3ccc(F)cc3)c2=O)ccc1-n1cnc(C)c1. The van der Waals surface area contributed by atoms with E-state index in [1.165, 1.54) is 38.3 Å². The summed E-state index contributed by atoms with van der Waals surface area (Å²) in [5.74, 6) is -0.183. The van der Waals surface area contributed by atoms with Gasteiger partial charge in [-0.05, 0) is 55.3 Å². The summed E-state index contributed by atoms with van der Waals surface area (Å²) in [5.41, 5.74) is -0.388. The van der Waals surface area contributed by atoms with Gasteiger partial charge >= 0.3 is 6.18 Å². The first kappa shape index (κ1) is 25.2. The van der Waals surface area contributed by atoms with E-state index in [9.17, 15) is 27.5 Å². The van der Waals surface area contributed by atoms with Crippen LogP contribution < -0.4 is 10.3 Å². The number of benzene rings is 2. The summed E-state index contributed by atoms with van der Waals surface area (Å²) in [4.78, 5) is 17.5. The Balaban J connectivity index is 1.82. The highest BCUT2D eigenvalue weighted by Crippen LogP contribution is 2.34. The van der Waals surface area contributed by atoms with Gasteiger partial charge in [-0.2, -0.15) is 13.2 Å². The average Bonchev–Trinajstić information content (AvgIpc) is 3.28. The number of ether oxygens (including phenoxy) is 1. The van der Waals surface area contributed by atoms with Crippen molar-refractivity contribution < 1.29 is 27.4 Å². The normalized spacial score (nSPS) is 13.4. The minimum Gasteiger partial charge on any atom is -0.495 e. The molecule has 2 aromatic heterocycles. The lowest BCUT2D eigenvalue weighted by Gasteiger charge is -2.22. The maximum Gasteiger partial charge on any atom is 0.417 e. The summed E-state index contributed by atoms with van der Waals surface area (Å²) in [7, 11) is 1.42. The Hall–Kier alpha value is -3.92. The third kappa shape index (κ3) is 4.90. The first-order valence-electron chi connectivity index (χ1n) is 10.9. The van der Waals surface area contributed by atoms with Gasteiger partial charge in [0, 0.05) is 12.4 Å². The molecule has 4 rings (SSSR count). The second-order valence-corrected chi connectivity index (χ2v) is 8.38. The summed E-state index contributed by atoms with van der Waals surface area (Å²) < 4.78 is 62.6. The van der Waals surface area contributed by atoms with Crippen LogP contribution >= 0.6 is 0 Å². The standard InChI is InChI=1S/C26H23F4N3O3/c1-15-12-32(14-31-15)22-9-6-18(10-23(22)36-3)24(34)21-11-19(26(28,29)30)13-33(25(21)35)16(2)17-4-7-20(27)8-5-17/h4-14,16,24,34H,1-3H3. The Morgan fingerprint density at radius 3 is 2.28 bits per heavy atom. The Labute approximate surface area is 204 Å². The first-order valence-corrected chi connectivity index (χ1v) is 10.9. The number of imidazole rings is 1. The Morgan fingerprint density at radius 1 is 1.03 bits per heavy atom. The molecule has 0 saturated heterocycles. The fraction of sp³-hybridized carbons (Fsp3) is 0.231. The topological polar surface area (TPSA) is 69.3 Å². The van der Waals surface area contributed by atoms with Crippen LogP contribution in [0.3, 0.4) is 0 Å². The molecule has 0 aliphatic heterocycles. The lowest BCUT2D eigenvalue weighted by molar-refractivity contribution is -0.138. The average molecular weight is 501 g/mol. The van der Waals surface area contributed by atoms with Crippen LogP contribution in [0.4, 0.5) is 17.6 Å². The molecule has 0 amide bonds. The van der Waals surface area contributed by atoms with E-state index >= 15 is 0 Å². The third-order valence-electron chi connectivity index (χ3n) is 5.97. The Morgan fingerprint density at radius 2 is 1.69 bits per heavy atom. The number of aliphatic hydroxyl groups excluding tert-OH is 1. The number of aryl methyl sites for hydroxylation is 1. The number of pyridine rings is 1. The molecule has 36 heavy (non-hydrogen) atoms. The van der Waals surface area contributed by atoms with Crippen LogP contribution in [-0.2, 0) is 6.18 Å². The number of aromatic nitrogens is 3. The van der Waals surface area contributed by atoms with Crippen molar-refractivity contribution in [3.8, 4) is 11.4 Å². The van der Waals surface area contributed by atoms with E-state index in [2.05, 4.69) is 4.98 Å². The van der Waals surface area contributed by atoms with Gasteiger partial charge in [0.25, 0.3) is 5.56 Å². The fourth-order valence-corrected chi connectivity index (χ4v) is 3.97. The van der Waals surface area contributed by atoms with E-state index in [1.807, 2.05) is 6.92 Å². The first-order chi connectivity index (χ1) is 17.0. The highest BCUT2D eigenvalue weighted by atomic mass is 19.4.